The minimum Gasteiger partial charge on any atom is -0.416 e. The molecule has 0 aromatic rings. The van der Waals surface area contributed by atoms with Crippen molar-refractivity contribution >= 4 is 0 Å². The van der Waals surface area contributed by atoms with Crippen LogP contribution in [0.3, 0.4) is 0 Å². The highest BCUT2D eigenvalue weighted by Gasteiger charge is 2.26. The van der Waals surface area contributed by atoms with Gasteiger partial charge in [-0.15, -0.1) is 5.48 Å². The molecule has 1 N–H and O–H groups in total. The Kier molecular flexibility index (Phi) is 1.14. The molecule has 0 unspecified atom stereocenters. The number of nitrogens with one attached hydrogen (secondary N) is 1. The normalized spacial score (nSPS) is 25.6. The van der Waals surface area contributed by atoms with Gasteiger partial charge >= 0.3 is 0 Å². The highest BCUT2D eigenvalue weighted by Crippen LogP contribution is 2.22. The highest BCUT2D eigenvalue weighted by atomic mass is 16.6. The van der Waals surface area contributed by atoms with Gasteiger partial charge < -0.3 is 4.84 Å². The van der Waals surface area contributed by atoms with E-state index in [0.717, 1.165) is 6.42 Å². The summed E-state index contributed by atoms with van der Waals surface area (Å²) in [6.45, 7) is 0. The molecule has 1 spiro atoms. The maximum absolute atomic E-state index is 4.97. The summed E-state index contributed by atoms with van der Waals surface area (Å²) in [5.74, 6) is 0. The summed E-state index contributed by atoms with van der Waals surface area (Å²) in [7, 11) is 0. The van der Waals surface area contributed by atoms with E-state index >= 15 is 0 Å². The molecule has 2 heteroatoms. The van der Waals surface area contributed by atoms with Crippen LogP contribution in [0.4, 0.5) is 0 Å². The summed E-state index contributed by atoms with van der Waals surface area (Å²) in [6.07, 6.45) is 12.9. The summed E-state index contributed by atoms with van der Waals surface area (Å²) in [6, 6.07) is 0. The van der Waals surface area contributed by atoms with Crippen molar-refractivity contribution < 1.29 is 4.84 Å². The lowest BCUT2D eigenvalue weighted by Crippen LogP contribution is -2.40. The minimum atomic E-state index is -0.0469. The molecule has 1 heterocycles. The molecule has 10 heavy (non-hydrogen) atoms. The van der Waals surface area contributed by atoms with E-state index in [4.69, 9.17) is 4.84 Å². The third-order valence-electron chi connectivity index (χ3n) is 1.77. The summed E-state index contributed by atoms with van der Waals surface area (Å²) < 4.78 is 0. The quantitative estimate of drug-likeness (QED) is 0.540. The lowest BCUT2D eigenvalue weighted by molar-refractivity contribution is 0.0739. The van der Waals surface area contributed by atoms with Crippen molar-refractivity contribution in [3.8, 4) is 0 Å². The van der Waals surface area contributed by atoms with Crippen LogP contribution in [0.1, 0.15) is 6.42 Å². The zero-order valence-electron chi connectivity index (χ0n) is 5.58. The van der Waals surface area contributed by atoms with Crippen LogP contribution >= 0.6 is 0 Å². The first kappa shape index (κ1) is 5.74. The van der Waals surface area contributed by atoms with Crippen molar-refractivity contribution in [1.29, 1.82) is 0 Å². The van der Waals surface area contributed by atoms with E-state index in [-0.39, 0.29) is 5.54 Å². The maximum Gasteiger partial charge on any atom is 0.107 e. The van der Waals surface area contributed by atoms with Crippen LogP contribution in [0.5, 0.6) is 0 Å². The average molecular weight is 135 g/mol. The molecule has 0 atom stereocenters. The minimum absolute atomic E-state index is 0.0469. The molecule has 0 radical (unpaired) electrons. The van der Waals surface area contributed by atoms with E-state index in [1.54, 1.807) is 6.26 Å². The second-order valence-electron chi connectivity index (χ2n) is 2.55. The third-order valence-corrected chi connectivity index (χ3v) is 1.77. The first-order chi connectivity index (χ1) is 4.91. The van der Waals surface area contributed by atoms with Gasteiger partial charge in [-0.05, 0) is 12.5 Å². The smallest absolute Gasteiger partial charge is 0.107 e. The van der Waals surface area contributed by atoms with Gasteiger partial charge in [0.1, 0.15) is 6.26 Å². The summed E-state index contributed by atoms with van der Waals surface area (Å²) >= 11 is 0. The molecule has 52 valence electrons. The number of hydroxylamine groups is 1. The molecule has 1 aliphatic heterocycles. The third kappa shape index (κ3) is 0.772. The Morgan fingerprint density at radius 2 is 2.10 bits per heavy atom. The number of rotatable bonds is 0. The Hall–Kier alpha value is -1.02. The average Bonchev–Trinajstić information content (AvgIpc) is 2.39. The van der Waals surface area contributed by atoms with Crippen molar-refractivity contribution in [2.75, 3.05) is 0 Å². The van der Waals surface area contributed by atoms with Gasteiger partial charge in [0.15, 0.2) is 0 Å². The van der Waals surface area contributed by atoms with E-state index < -0.39 is 0 Å². The second-order valence-corrected chi connectivity index (χ2v) is 2.55. The number of allylic oxidation sites excluding steroid dienone is 2. The van der Waals surface area contributed by atoms with Crippen molar-refractivity contribution in [2.45, 2.75) is 12.0 Å². The lowest BCUT2D eigenvalue weighted by Gasteiger charge is -2.26. The maximum atomic E-state index is 4.97. The first-order valence-electron chi connectivity index (χ1n) is 3.36. The van der Waals surface area contributed by atoms with E-state index in [1.807, 2.05) is 18.2 Å². The standard InChI is InChI=1S/C8H9NO/c1-2-5-8(4-1)6-3-7-10-9-8/h1-5,7,9H,6H2. The molecule has 2 rings (SSSR count). The molecular formula is C8H9NO. The molecule has 0 fully saturated rings. The molecule has 0 aromatic heterocycles. The summed E-state index contributed by atoms with van der Waals surface area (Å²) in [5, 5.41) is 0. The van der Waals surface area contributed by atoms with Gasteiger partial charge in [0.25, 0.3) is 0 Å². The topological polar surface area (TPSA) is 21.3 Å². The molecule has 0 aromatic carbocycles. The van der Waals surface area contributed by atoms with Gasteiger partial charge in [-0.3, -0.25) is 0 Å². The van der Waals surface area contributed by atoms with Crippen LogP contribution in [0.2, 0.25) is 0 Å². The van der Waals surface area contributed by atoms with E-state index in [0.29, 0.717) is 0 Å². The number of hydrogen-bond donors (Lipinski definition) is 1. The lowest BCUT2D eigenvalue weighted by atomic mass is 9.98. The largest absolute Gasteiger partial charge is 0.416 e. The summed E-state index contributed by atoms with van der Waals surface area (Å²) in [5.41, 5.74) is 2.89. The first-order valence-corrected chi connectivity index (χ1v) is 3.36. The van der Waals surface area contributed by atoms with Gasteiger partial charge in [-0.25, -0.2) is 0 Å². The SMILES string of the molecule is C1=CC2(C=C1)CC=CON2. The monoisotopic (exact) mass is 135 g/mol. The van der Waals surface area contributed by atoms with E-state index in [1.165, 1.54) is 0 Å². The fourth-order valence-corrected chi connectivity index (χ4v) is 1.19. The van der Waals surface area contributed by atoms with Crippen molar-refractivity contribution in [3.63, 3.8) is 0 Å². The predicted octanol–water partition coefficient (Wildman–Crippen LogP) is 1.29. The van der Waals surface area contributed by atoms with Crippen LogP contribution in [-0.2, 0) is 4.84 Å². The van der Waals surface area contributed by atoms with Gasteiger partial charge in [0, 0.05) is 0 Å². The number of hydrogen-bond acceptors (Lipinski definition) is 2. The van der Waals surface area contributed by atoms with Crippen LogP contribution in [0.25, 0.3) is 0 Å². The van der Waals surface area contributed by atoms with Gasteiger partial charge in [-0.2, -0.15) is 0 Å². The predicted molar refractivity (Wildman–Crippen MR) is 39.0 cm³/mol. The Labute approximate surface area is 59.8 Å². The zero-order chi connectivity index (χ0) is 6.86. The summed E-state index contributed by atoms with van der Waals surface area (Å²) in [4.78, 5) is 4.97. The van der Waals surface area contributed by atoms with E-state index in [2.05, 4.69) is 17.6 Å². The Bertz CT molecular complexity index is 203. The molecule has 2 nitrogen and oxygen atoms in total. The van der Waals surface area contributed by atoms with Crippen molar-refractivity contribution in [2.24, 2.45) is 0 Å². The van der Waals surface area contributed by atoms with Gasteiger partial charge in [-0.1, -0.05) is 24.3 Å². The van der Waals surface area contributed by atoms with E-state index in [9.17, 15) is 0 Å². The van der Waals surface area contributed by atoms with Gasteiger partial charge in [0.2, 0.25) is 0 Å². The van der Waals surface area contributed by atoms with Crippen LogP contribution in [0.15, 0.2) is 36.6 Å². The highest BCUT2D eigenvalue weighted by molar-refractivity contribution is 5.31. The molecule has 0 amide bonds. The molecular weight excluding hydrogens is 126 g/mol. The molecule has 2 aliphatic rings. The fraction of sp³-hybridized carbons (Fsp3) is 0.250. The Balaban J connectivity index is 2.23. The van der Waals surface area contributed by atoms with Crippen LogP contribution in [0, 0.1) is 0 Å². The fourth-order valence-electron chi connectivity index (χ4n) is 1.19. The Morgan fingerprint density at radius 3 is 2.70 bits per heavy atom. The van der Waals surface area contributed by atoms with Crippen molar-refractivity contribution in [3.05, 3.63) is 36.6 Å². The van der Waals surface area contributed by atoms with Crippen molar-refractivity contribution in [1.82, 2.24) is 5.48 Å². The Morgan fingerprint density at radius 1 is 1.30 bits per heavy atom. The molecule has 0 bridgehead atoms. The van der Waals surface area contributed by atoms with Crippen LogP contribution < -0.4 is 5.48 Å². The second kappa shape index (κ2) is 1.99. The molecule has 1 aliphatic carbocycles. The molecule has 0 saturated carbocycles. The molecule has 0 saturated heterocycles. The van der Waals surface area contributed by atoms with Crippen LogP contribution in [-0.4, -0.2) is 5.54 Å². The zero-order valence-corrected chi connectivity index (χ0v) is 5.58. The van der Waals surface area contributed by atoms with Gasteiger partial charge in [0.05, 0.1) is 5.54 Å².